The molecule has 3 atom stereocenters. The first-order chi connectivity index (χ1) is 20.2. The van der Waals surface area contributed by atoms with E-state index in [0.717, 1.165) is 17.7 Å². The lowest BCUT2D eigenvalue weighted by atomic mass is 9.99. The summed E-state index contributed by atoms with van der Waals surface area (Å²) in [5, 5.41) is 9.90. The van der Waals surface area contributed by atoms with Crippen LogP contribution in [0.15, 0.2) is 71.6 Å². The Morgan fingerprint density at radius 3 is 2.35 bits per heavy atom. The zero-order valence-electron chi connectivity index (χ0n) is 24.4. The molecule has 4 rings (SSSR count). The zero-order valence-corrected chi connectivity index (χ0v) is 25.2. The van der Waals surface area contributed by atoms with Gasteiger partial charge < -0.3 is 14.7 Å². The SMILES string of the molecule is Cc1ccc(S(=O)(=O)Nc2ccc3c(c2)C(=O)N([C@H](C)CO)C[C@@H](C)[C@@H](CN(C)Cc2ccc(C(F)(F)F)cc2)O3)cc1. The van der Waals surface area contributed by atoms with Gasteiger partial charge >= 0.3 is 6.18 Å². The molecular formula is C31H36F3N3O5S. The number of likely N-dealkylation sites (N-methyl/N-ethyl adjacent to an activating group) is 1. The number of nitrogens with one attached hydrogen (secondary N) is 1. The van der Waals surface area contributed by atoms with Crippen molar-refractivity contribution in [2.45, 2.75) is 50.5 Å². The molecule has 232 valence electrons. The number of halogens is 3. The minimum atomic E-state index is -4.41. The van der Waals surface area contributed by atoms with Crippen molar-refractivity contribution in [3.05, 3.63) is 89.0 Å². The number of alkyl halides is 3. The summed E-state index contributed by atoms with van der Waals surface area (Å²) in [6.07, 6.45) is -4.84. The van der Waals surface area contributed by atoms with Crippen molar-refractivity contribution in [2.24, 2.45) is 5.92 Å². The third-order valence-corrected chi connectivity index (χ3v) is 8.87. The van der Waals surface area contributed by atoms with Crippen LogP contribution in [0.2, 0.25) is 0 Å². The quantitative estimate of drug-likeness (QED) is 0.343. The van der Waals surface area contributed by atoms with Gasteiger partial charge in [-0.1, -0.05) is 36.8 Å². The fourth-order valence-electron chi connectivity index (χ4n) is 4.92. The summed E-state index contributed by atoms with van der Waals surface area (Å²) in [5.41, 5.74) is 1.22. The standard InChI is InChI=1S/C31H36F3N3O5S/c1-20-5-12-26(13-6-20)43(40,41)35-25-11-14-28-27(15-25)30(39)37(22(3)19-38)16-21(2)29(42-28)18-36(4)17-23-7-9-24(10-8-23)31(32,33)34/h5-15,21-22,29,35,38H,16-19H2,1-4H3/t21-,22-,29-/m1/s1. The van der Waals surface area contributed by atoms with Crippen molar-refractivity contribution < 1.29 is 36.2 Å². The first kappa shape index (κ1) is 32.3. The summed E-state index contributed by atoms with van der Waals surface area (Å²) < 4.78 is 73.8. The predicted molar refractivity (Wildman–Crippen MR) is 157 cm³/mol. The van der Waals surface area contributed by atoms with E-state index in [4.69, 9.17) is 4.74 Å². The highest BCUT2D eigenvalue weighted by Crippen LogP contribution is 2.32. The minimum Gasteiger partial charge on any atom is -0.488 e. The Morgan fingerprint density at radius 1 is 1.09 bits per heavy atom. The lowest BCUT2D eigenvalue weighted by molar-refractivity contribution is -0.137. The topological polar surface area (TPSA) is 99.2 Å². The van der Waals surface area contributed by atoms with Gasteiger partial charge in [0.1, 0.15) is 11.9 Å². The Labute approximate surface area is 250 Å². The van der Waals surface area contributed by atoms with Gasteiger partial charge in [0.15, 0.2) is 0 Å². The molecule has 12 heteroatoms. The van der Waals surface area contributed by atoms with Gasteiger partial charge in [0.25, 0.3) is 15.9 Å². The molecule has 8 nitrogen and oxygen atoms in total. The molecule has 0 radical (unpaired) electrons. The van der Waals surface area contributed by atoms with Crippen LogP contribution in [0.1, 0.15) is 40.9 Å². The molecule has 1 aliphatic heterocycles. The normalized spacial score (nSPS) is 18.4. The van der Waals surface area contributed by atoms with Crippen LogP contribution < -0.4 is 9.46 Å². The van der Waals surface area contributed by atoms with Crippen LogP contribution in [0.4, 0.5) is 18.9 Å². The number of amides is 1. The fourth-order valence-corrected chi connectivity index (χ4v) is 5.97. The number of aryl methyl sites for hydroxylation is 1. The van der Waals surface area contributed by atoms with Crippen molar-refractivity contribution in [1.82, 2.24) is 9.80 Å². The van der Waals surface area contributed by atoms with Crippen LogP contribution >= 0.6 is 0 Å². The first-order valence-electron chi connectivity index (χ1n) is 13.8. The maximum Gasteiger partial charge on any atom is 0.416 e. The average Bonchev–Trinajstić information content (AvgIpc) is 2.94. The van der Waals surface area contributed by atoms with Crippen molar-refractivity contribution in [1.29, 1.82) is 0 Å². The predicted octanol–water partition coefficient (Wildman–Crippen LogP) is 5.17. The second-order valence-corrected chi connectivity index (χ2v) is 12.8. The van der Waals surface area contributed by atoms with E-state index in [2.05, 4.69) is 4.72 Å². The summed E-state index contributed by atoms with van der Waals surface area (Å²) in [7, 11) is -2.10. The van der Waals surface area contributed by atoms with Crippen LogP contribution in [0, 0.1) is 12.8 Å². The number of hydrogen-bond donors (Lipinski definition) is 2. The highest BCUT2D eigenvalue weighted by molar-refractivity contribution is 7.92. The maximum atomic E-state index is 13.7. The summed E-state index contributed by atoms with van der Waals surface area (Å²) in [6.45, 7) is 6.25. The van der Waals surface area contributed by atoms with Crippen LogP contribution in [0.5, 0.6) is 5.75 Å². The summed E-state index contributed by atoms with van der Waals surface area (Å²) >= 11 is 0. The maximum absolute atomic E-state index is 13.7. The number of benzene rings is 3. The van der Waals surface area contributed by atoms with E-state index in [0.29, 0.717) is 18.7 Å². The molecule has 0 fully saturated rings. The molecule has 43 heavy (non-hydrogen) atoms. The van der Waals surface area contributed by atoms with Crippen molar-refractivity contribution in [3.63, 3.8) is 0 Å². The monoisotopic (exact) mass is 619 g/mol. The molecule has 1 heterocycles. The van der Waals surface area contributed by atoms with Gasteiger partial charge in [-0.25, -0.2) is 8.42 Å². The molecule has 0 saturated heterocycles. The van der Waals surface area contributed by atoms with E-state index in [1.807, 2.05) is 25.8 Å². The van der Waals surface area contributed by atoms with E-state index >= 15 is 0 Å². The number of sulfonamides is 1. The van der Waals surface area contributed by atoms with E-state index in [9.17, 15) is 31.5 Å². The molecule has 0 saturated carbocycles. The van der Waals surface area contributed by atoms with E-state index < -0.39 is 39.8 Å². The number of carbonyl (C=O) groups excluding carboxylic acids is 1. The lowest BCUT2D eigenvalue weighted by Gasteiger charge is -2.38. The molecule has 3 aromatic carbocycles. The number of rotatable bonds is 9. The van der Waals surface area contributed by atoms with Gasteiger partial charge in [-0.15, -0.1) is 0 Å². The van der Waals surface area contributed by atoms with E-state index in [1.54, 1.807) is 30.0 Å². The van der Waals surface area contributed by atoms with Gasteiger partial charge in [0.2, 0.25) is 0 Å². The number of aliphatic hydroxyl groups excluding tert-OH is 1. The molecule has 0 unspecified atom stereocenters. The van der Waals surface area contributed by atoms with Gasteiger partial charge in [-0.2, -0.15) is 13.2 Å². The largest absolute Gasteiger partial charge is 0.488 e. The number of nitrogens with zero attached hydrogens (tertiary/aromatic N) is 2. The molecule has 0 bridgehead atoms. The second-order valence-electron chi connectivity index (χ2n) is 11.1. The third-order valence-electron chi connectivity index (χ3n) is 7.47. The van der Waals surface area contributed by atoms with Crippen LogP contribution in [-0.2, 0) is 22.7 Å². The molecule has 0 spiro atoms. The fraction of sp³-hybridized carbons (Fsp3) is 0.387. The van der Waals surface area contributed by atoms with Crippen molar-refractivity contribution in [3.8, 4) is 5.75 Å². The van der Waals surface area contributed by atoms with Gasteiger partial charge in [-0.3, -0.25) is 14.4 Å². The summed E-state index contributed by atoms with van der Waals surface area (Å²) in [5.74, 6) is -0.324. The molecule has 0 aromatic heterocycles. The number of anilines is 1. The molecule has 1 aliphatic rings. The molecule has 0 aliphatic carbocycles. The Kier molecular flexibility index (Phi) is 9.73. The Morgan fingerprint density at radius 2 is 1.74 bits per heavy atom. The zero-order chi connectivity index (χ0) is 31.5. The van der Waals surface area contributed by atoms with E-state index in [1.165, 1.54) is 36.4 Å². The number of fused-ring (bicyclic) bond motifs is 1. The number of carbonyl (C=O) groups is 1. The highest BCUT2D eigenvalue weighted by Gasteiger charge is 2.34. The third kappa shape index (κ3) is 7.87. The Bertz CT molecular complexity index is 1530. The first-order valence-corrected chi connectivity index (χ1v) is 15.3. The molecule has 1 amide bonds. The molecule has 2 N–H and O–H groups in total. The van der Waals surface area contributed by atoms with Gasteiger partial charge in [0, 0.05) is 31.2 Å². The lowest BCUT2D eigenvalue weighted by Crippen LogP contribution is -2.49. The average molecular weight is 620 g/mol. The van der Waals surface area contributed by atoms with E-state index in [-0.39, 0.29) is 41.0 Å². The summed E-state index contributed by atoms with van der Waals surface area (Å²) in [6, 6.07) is 15.4. The highest BCUT2D eigenvalue weighted by atomic mass is 32.2. The number of aliphatic hydroxyl groups is 1. The molecular weight excluding hydrogens is 583 g/mol. The smallest absolute Gasteiger partial charge is 0.416 e. The Hall–Kier alpha value is -3.61. The van der Waals surface area contributed by atoms with Crippen molar-refractivity contribution in [2.75, 3.05) is 31.5 Å². The number of ether oxygens (including phenoxy) is 1. The minimum absolute atomic E-state index is 0.0768. The van der Waals surface area contributed by atoms with Gasteiger partial charge in [0.05, 0.1) is 28.7 Å². The van der Waals surface area contributed by atoms with Gasteiger partial charge in [-0.05, 0) is 68.9 Å². The Balaban J connectivity index is 1.59. The van der Waals surface area contributed by atoms with Crippen molar-refractivity contribution >= 4 is 21.6 Å². The number of hydrogen-bond acceptors (Lipinski definition) is 6. The summed E-state index contributed by atoms with van der Waals surface area (Å²) in [4.78, 5) is 17.2. The second kappa shape index (κ2) is 12.9. The van der Waals surface area contributed by atoms with Crippen LogP contribution in [-0.4, -0.2) is 68.1 Å². The van der Waals surface area contributed by atoms with Crippen LogP contribution in [0.25, 0.3) is 0 Å². The van der Waals surface area contributed by atoms with Crippen LogP contribution in [0.3, 0.4) is 0 Å². The molecule has 3 aromatic rings.